The Kier molecular flexibility index (Phi) is 5.80. The molecule has 0 aromatic heterocycles. The fraction of sp³-hybridized carbons (Fsp3) is 0.455. The van der Waals surface area contributed by atoms with E-state index in [0.717, 1.165) is 57.3 Å². The van der Waals surface area contributed by atoms with Crippen molar-refractivity contribution in [3.05, 3.63) is 42.5 Å². The van der Waals surface area contributed by atoms with Gasteiger partial charge in [0, 0.05) is 24.5 Å². The van der Waals surface area contributed by atoms with E-state index >= 15 is 0 Å². The quantitative estimate of drug-likeness (QED) is 0.830. The van der Waals surface area contributed by atoms with Gasteiger partial charge in [0.05, 0.1) is 13.2 Å². The number of phenolic OH excluding ortho intramolecular Hbond substituents is 1. The topological polar surface area (TPSA) is 57.2 Å². The zero-order chi connectivity index (χ0) is 18.5. The van der Waals surface area contributed by atoms with Crippen LogP contribution in [0.1, 0.15) is 38.5 Å². The number of benzene rings is 2. The van der Waals surface area contributed by atoms with Gasteiger partial charge in [0.2, 0.25) is 0 Å². The molecule has 2 heterocycles. The van der Waals surface area contributed by atoms with Gasteiger partial charge in [-0.2, -0.15) is 0 Å². The first-order valence-electron chi connectivity index (χ1n) is 9.70. The van der Waals surface area contributed by atoms with Gasteiger partial charge in [0.15, 0.2) is 12.6 Å². The van der Waals surface area contributed by atoms with Gasteiger partial charge in [-0.1, -0.05) is 12.1 Å². The second-order valence-corrected chi connectivity index (χ2v) is 6.94. The van der Waals surface area contributed by atoms with E-state index < -0.39 is 0 Å². The summed E-state index contributed by atoms with van der Waals surface area (Å²) >= 11 is 0. The van der Waals surface area contributed by atoms with E-state index in [1.54, 1.807) is 12.1 Å². The summed E-state index contributed by atoms with van der Waals surface area (Å²) in [6.45, 7) is 1.46. The van der Waals surface area contributed by atoms with Gasteiger partial charge in [0.1, 0.15) is 17.2 Å². The van der Waals surface area contributed by atoms with Crippen molar-refractivity contribution >= 4 is 0 Å². The van der Waals surface area contributed by atoms with Gasteiger partial charge in [-0.05, 0) is 55.5 Å². The van der Waals surface area contributed by atoms with E-state index in [1.165, 1.54) is 0 Å². The van der Waals surface area contributed by atoms with E-state index in [1.807, 2.05) is 24.3 Å². The fourth-order valence-electron chi connectivity index (χ4n) is 3.38. The molecule has 143 valence electrons. The fourth-order valence-corrected chi connectivity index (χ4v) is 3.38. The molecule has 4 rings (SSSR count). The summed E-state index contributed by atoms with van der Waals surface area (Å²) in [4.78, 5) is 0. The predicted molar refractivity (Wildman–Crippen MR) is 101 cm³/mol. The van der Waals surface area contributed by atoms with Crippen LogP contribution in [0.2, 0.25) is 0 Å². The SMILES string of the molecule is Oc1ccc(OC2CCCCO2)cc1-c1[c]c(OC2CCCCO2)ccc1. The molecule has 2 aromatic rings. The average Bonchev–Trinajstić information content (AvgIpc) is 2.71. The van der Waals surface area contributed by atoms with Crippen LogP contribution in [0.25, 0.3) is 11.1 Å². The van der Waals surface area contributed by atoms with Gasteiger partial charge in [-0.15, -0.1) is 0 Å². The Morgan fingerprint density at radius 2 is 1.63 bits per heavy atom. The van der Waals surface area contributed by atoms with Crippen LogP contribution in [-0.2, 0) is 9.47 Å². The summed E-state index contributed by atoms with van der Waals surface area (Å²) < 4.78 is 23.1. The molecule has 0 bridgehead atoms. The molecule has 5 nitrogen and oxygen atoms in total. The summed E-state index contributed by atoms with van der Waals surface area (Å²) in [5, 5.41) is 10.3. The summed E-state index contributed by atoms with van der Waals surface area (Å²) in [6, 6.07) is 14.1. The molecule has 2 fully saturated rings. The molecule has 0 spiro atoms. The molecule has 2 aromatic carbocycles. The zero-order valence-corrected chi connectivity index (χ0v) is 15.4. The van der Waals surface area contributed by atoms with Crippen LogP contribution < -0.4 is 9.47 Å². The van der Waals surface area contributed by atoms with Crippen LogP contribution in [0, 0.1) is 6.07 Å². The normalized spacial score (nSPS) is 23.0. The lowest BCUT2D eigenvalue weighted by Gasteiger charge is -2.24. The first-order valence-corrected chi connectivity index (χ1v) is 9.70. The highest BCUT2D eigenvalue weighted by molar-refractivity contribution is 5.72. The number of hydrogen-bond acceptors (Lipinski definition) is 5. The van der Waals surface area contributed by atoms with Crippen LogP contribution in [0.5, 0.6) is 17.2 Å². The van der Waals surface area contributed by atoms with Crippen LogP contribution in [0.15, 0.2) is 36.4 Å². The molecule has 5 heteroatoms. The van der Waals surface area contributed by atoms with Gasteiger partial charge >= 0.3 is 0 Å². The molecular formula is C22H25O5. The molecule has 2 unspecified atom stereocenters. The molecule has 1 N–H and O–H groups in total. The zero-order valence-electron chi connectivity index (χ0n) is 15.4. The third kappa shape index (κ3) is 4.73. The Morgan fingerprint density at radius 1 is 0.889 bits per heavy atom. The van der Waals surface area contributed by atoms with Crippen molar-refractivity contribution in [1.82, 2.24) is 0 Å². The molecule has 0 saturated carbocycles. The molecule has 1 radical (unpaired) electrons. The van der Waals surface area contributed by atoms with Crippen LogP contribution in [-0.4, -0.2) is 30.9 Å². The van der Waals surface area contributed by atoms with E-state index in [4.69, 9.17) is 18.9 Å². The molecule has 2 aliphatic heterocycles. The molecule has 2 aliphatic rings. The summed E-state index contributed by atoms with van der Waals surface area (Å²) in [6.07, 6.45) is 5.68. The number of aromatic hydroxyl groups is 1. The van der Waals surface area contributed by atoms with Gasteiger partial charge in [-0.25, -0.2) is 0 Å². The average molecular weight is 369 g/mol. The van der Waals surface area contributed by atoms with Crippen molar-refractivity contribution in [1.29, 1.82) is 0 Å². The Bertz CT molecular complexity index is 748. The van der Waals surface area contributed by atoms with Crippen molar-refractivity contribution in [3.8, 4) is 28.4 Å². The number of phenols is 1. The summed E-state index contributed by atoms with van der Waals surface area (Å²) in [5.74, 6) is 1.46. The van der Waals surface area contributed by atoms with Crippen molar-refractivity contribution in [2.75, 3.05) is 13.2 Å². The molecular weight excluding hydrogens is 344 g/mol. The van der Waals surface area contributed by atoms with Crippen molar-refractivity contribution < 1.29 is 24.1 Å². The third-order valence-electron chi connectivity index (χ3n) is 4.83. The van der Waals surface area contributed by atoms with Crippen LogP contribution in [0.3, 0.4) is 0 Å². The van der Waals surface area contributed by atoms with E-state index in [-0.39, 0.29) is 18.3 Å². The summed E-state index contributed by atoms with van der Waals surface area (Å²) in [5.41, 5.74) is 1.40. The molecule has 2 atom stereocenters. The second-order valence-electron chi connectivity index (χ2n) is 6.94. The number of hydrogen-bond donors (Lipinski definition) is 1. The first kappa shape index (κ1) is 18.1. The molecule has 0 amide bonds. The van der Waals surface area contributed by atoms with E-state index in [9.17, 15) is 5.11 Å². The lowest BCUT2D eigenvalue weighted by Crippen LogP contribution is -2.25. The standard InChI is InChI=1S/C22H25O5/c23-20-11-10-18(27-22-9-2-4-13-25-22)15-19(20)16-6-5-7-17(14-16)26-21-8-1-3-12-24-21/h5-7,10-11,15,21-23H,1-4,8-9,12-13H2. The van der Waals surface area contributed by atoms with Crippen molar-refractivity contribution in [2.45, 2.75) is 51.1 Å². The molecule has 2 saturated heterocycles. The van der Waals surface area contributed by atoms with Crippen LogP contribution in [0.4, 0.5) is 0 Å². The number of rotatable bonds is 5. The highest BCUT2D eigenvalue weighted by Gasteiger charge is 2.18. The minimum absolute atomic E-state index is 0.175. The predicted octanol–water partition coefficient (Wildman–Crippen LogP) is 4.67. The van der Waals surface area contributed by atoms with Crippen molar-refractivity contribution in [2.24, 2.45) is 0 Å². The van der Waals surface area contributed by atoms with Crippen LogP contribution >= 0.6 is 0 Å². The molecule has 0 aliphatic carbocycles. The first-order chi connectivity index (χ1) is 13.3. The molecule has 27 heavy (non-hydrogen) atoms. The maximum atomic E-state index is 10.3. The summed E-state index contributed by atoms with van der Waals surface area (Å²) in [7, 11) is 0. The van der Waals surface area contributed by atoms with Gasteiger partial charge in [0.25, 0.3) is 0 Å². The lowest BCUT2D eigenvalue weighted by molar-refractivity contribution is -0.106. The highest BCUT2D eigenvalue weighted by atomic mass is 16.7. The smallest absolute Gasteiger partial charge is 0.199 e. The van der Waals surface area contributed by atoms with Gasteiger partial charge in [-0.3, -0.25) is 0 Å². The Balaban J connectivity index is 1.51. The maximum absolute atomic E-state index is 10.3. The maximum Gasteiger partial charge on any atom is 0.199 e. The van der Waals surface area contributed by atoms with E-state index in [0.29, 0.717) is 17.1 Å². The van der Waals surface area contributed by atoms with Crippen molar-refractivity contribution in [3.63, 3.8) is 0 Å². The monoisotopic (exact) mass is 369 g/mol. The second kappa shape index (κ2) is 8.63. The highest BCUT2D eigenvalue weighted by Crippen LogP contribution is 2.35. The lowest BCUT2D eigenvalue weighted by atomic mass is 10.0. The minimum atomic E-state index is -0.225. The Morgan fingerprint density at radius 3 is 2.33 bits per heavy atom. The third-order valence-corrected chi connectivity index (χ3v) is 4.83. The number of ether oxygens (including phenoxy) is 4. The Hall–Kier alpha value is -2.24. The Labute approximate surface area is 159 Å². The van der Waals surface area contributed by atoms with Gasteiger partial charge < -0.3 is 24.1 Å². The minimum Gasteiger partial charge on any atom is -0.507 e. The largest absolute Gasteiger partial charge is 0.507 e. The van der Waals surface area contributed by atoms with E-state index in [2.05, 4.69) is 6.07 Å².